The SMILES string of the molecule is COc1ccc(NC(=O)c2c[nH]c3cc(OC)ccc3c2=O)cc1. The highest BCUT2D eigenvalue weighted by molar-refractivity contribution is 6.05. The third kappa shape index (κ3) is 2.94. The van der Waals surface area contributed by atoms with Crippen LogP contribution in [0.25, 0.3) is 10.9 Å². The van der Waals surface area contributed by atoms with Crippen LogP contribution in [0.1, 0.15) is 10.4 Å². The fourth-order valence-electron chi connectivity index (χ4n) is 2.37. The Balaban J connectivity index is 1.91. The quantitative estimate of drug-likeness (QED) is 0.773. The first-order chi connectivity index (χ1) is 11.6. The van der Waals surface area contributed by atoms with E-state index in [-0.39, 0.29) is 11.0 Å². The lowest BCUT2D eigenvalue weighted by molar-refractivity contribution is 0.102. The number of nitrogens with one attached hydrogen (secondary N) is 2. The van der Waals surface area contributed by atoms with Crippen molar-refractivity contribution in [3.05, 3.63) is 64.4 Å². The van der Waals surface area contributed by atoms with E-state index in [1.807, 2.05) is 0 Å². The lowest BCUT2D eigenvalue weighted by Crippen LogP contribution is -2.21. The van der Waals surface area contributed by atoms with Crippen molar-refractivity contribution < 1.29 is 14.3 Å². The molecule has 2 aromatic carbocycles. The van der Waals surface area contributed by atoms with Gasteiger partial charge in [0.05, 0.1) is 19.7 Å². The molecule has 0 fully saturated rings. The molecule has 0 saturated carbocycles. The molecule has 0 radical (unpaired) electrons. The summed E-state index contributed by atoms with van der Waals surface area (Å²) in [6.07, 6.45) is 1.41. The molecule has 0 spiro atoms. The summed E-state index contributed by atoms with van der Waals surface area (Å²) in [5.74, 6) is 0.846. The standard InChI is InChI=1S/C18H16N2O4/c1-23-12-5-3-11(4-6-12)20-18(22)15-10-19-16-9-13(24-2)7-8-14(16)17(15)21/h3-10H,1-2H3,(H,19,21)(H,20,22). The van der Waals surface area contributed by atoms with E-state index >= 15 is 0 Å². The van der Waals surface area contributed by atoms with Crippen molar-refractivity contribution in [3.63, 3.8) is 0 Å². The molecule has 0 aliphatic carbocycles. The Morgan fingerprint density at radius 2 is 1.67 bits per heavy atom. The lowest BCUT2D eigenvalue weighted by atomic mass is 10.1. The Labute approximate surface area is 138 Å². The van der Waals surface area contributed by atoms with Gasteiger partial charge in [-0.2, -0.15) is 0 Å². The normalized spacial score (nSPS) is 10.4. The predicted molar refractivity (Wildman–Crippen MR) is 92.1 cm³/mol. The molecule has 1 amide bonds. The van der Waals surface area contributed by atoms with E-state index < -0.39 is 5.91 Å². The Hall–Kier alpha value is -3.28. The zero-order chi connectivity index (χ0) is 17.1. The van der Waals surface area contributed by atoms with Crippen molar-refractivity contribution in [1.82, 2.24) is 4.98 Å². The zero-order valence-corrected chi connectivity index (χ0v) is 13.3. The maximum atomic E-state index is 12.5. The molecule has 0 saturated heterocycles. The van der Waals surface area contributed by atoms with Crippen LogP contribution >= 0.6 is 0 Å². The molecule has 3 aromatic rings. The summed E-state index contributed by atoms with van der Waals surface area (Å²) < 4.78 is 10.2. The number of pyridine rings is 1. The number of methoxy groups -OCH3 is 2. The van der Waals surface area contributed by atoms with Gasteiger partial charge in [0.1, 0.15) is 17.1 Å². The van der Waals surface area contributed by atoms with Gasteiger partial charge in [0.2, 0.25) is 5.43 Å². The van der Waals surface area contributed by atoms with Crippen LogP contribution in [-0.2, 0) is 0 Å². The number of anilines is 1. The molecule has 0 aliphatic heterocycles. The van der Waals surface area contributed by atoms with Crippen LogP contribution in [0.4, 0.5) is 5.69 Å². The summed E-state index contributed by atoms with van der Waals surface area (Å²) in [7, 11) is 3.12. The maximum absolute atomic E-state index is 12.5. The molecule has 0 aliphatic rings. The second-order valence-electron chi connectivity index (χ2n) is 5.13. The summed E-state index contributed by atoms with van der Waals surface area (Å²) in [4.78, 5) is 27.8. The van der Waals surface area contributed by atoms with E-state index in [2.05, 4.69) is 10.3 Å². The molecule has 0 bridgehead atoms. The van der Waals surface area contributed by atoms with Crippen molar-refractivity contribution in [2.45, 2.75) is 0 Å². The number of H-pyrrole nitrogens is 1. The molecule has 1 aromatic heterocycles. The Kier molecular flexibility index (Phi) is 4.20. The number of aromatic nitrogens is 1. The molecule has 122 valence electrons. The number of fused-ring (bicyclic) bond motifs is 1. The highest BCUT2D eigenvalue weighted by Crippen LogP contribution is 2.18. The van der Waals surface area contributed by atoms with E-state index in [0.717, 1.165) is 0 Å². The number of ether oxygens (including phenoxy) is 2. The van der Waals surface area contributed by atoms with Gasteiger partial charge >= 0.3 is 0 Å². The smallest absolute Gasteiger partial charge is 0.261 e. The topological polar surface area (TPSA) is 80.4 Å². The van der Waals surface area contributed by atoms with Crippen molar-refractivity contribution in [2.75, 3.05) is 19.5 Å². The number of hydrogen-bond donors (Lipinski definition) is 2. The number of rotatable bonds is 4. The summed E-state index contributed by atoms with van der Waals surface area (Å²) in [6, 6.07) is 11.9. The highest BCUT2D eigenvalue weighted by Gasteiger charge is 2.13. The Bertz CT molecular complexity index is 945. The number of carbonyl (C=O) groups is 1. The second-order valence-corrected chi connectivity index (χ2v) is 5.13. The molecular weight excluding hydrogens is 308 g/mol. The summed E-state index contributed by atoms with van der Waals surface area (Å²) in [6.45, 7) is 0. The van der Waals surface area contributed by atoms with E-state index in [1.54, 1.807) is 56.7 Å². The first-order valence-corrected chi connectivity index (χ1v) is 7.27. The molecule has 0 unspecified atom stereocenters. The number of amides is 1. The van der Waals surface area contributed by atoms with Crippen LogP contribution in [0.5, 0.6) is 11.5 Å². The third-order valence-electron chi connectivity index (χ3n) is 3.68. The molecule has 1 heterocycles. The predicted octanol–water partition coefficient (Wildman–Crippen LogP) is 2.80. The third-order valence-corrected chi connectivity index (χ3v) is 3.68. The van der Waals surface area contributed by atoms with Crippen molar-refractivity contribution in [2.24, 2.45) is 0 Å². The van der Waals surface area contributed by atoms with Crippen LogP contribution in [0.2, 0.25) is 0 Å². The van der Waals surface area contributed by atoms with Crippen molar-refractivity contribution in [3.8, 4) is 11.5 Å². The van der Waals surface area contributed by atoms with Crippen molar-refractivity contribution in [1.29, 1.82) is 0 Å². The van der Waals surface area contributed by atoms with Crippen LogP contribution in [0.15, 0.2) is 53.5 Å². The Morgan fingerprint density at radius 1 is 1.00 bits per heavy atom. The zero-order valence-electron chi connectivity index (χ0n) is 13.3. The number of carbonyl (C=O) groups excluding carboxylic acids is 1. The van der Waals surface area contributed by atoms with Gasteiger partial charge in [-0.1, -0.05) is 0 Å². The van der Waals surface area contributed by atoms with Gasteiger partial charge in [-0.15, -0.1) is 0 Å². The van der Waals surface area contributed by atoms with Crippen molar-refractivity contribution >= 4 is 22.5 Å². The molecule has 0 atom stereocenters. The van der Waals surface area contributed by atoms with Gasteiger partial charge in [-0.3, -0.25) is 9.59 Å². The first-order valence-electron chi connectivity index (χ1n) is 7.27. The molecule has 6 nitrogen and oxygen atoms in total. The van der Waals surface area contributed by atoms with E-state index in [9.17, 15) is 9.59 Å². The molecule has 6 heteroatoms. The van der Waals surface area contributed by atoms with Gasteiger partial charge in [-0.25, -0.2) is 0 Å². The lowest BCUT2D eigenvalue weighted by Gasteiger charge is -2.07. The minimum absolute atomic E-state index is 0.0449. The van der Waals surface area contributed by atoms with Gasteiger partial charge in [0, 0.05) is 23.3 Å². The molecule has 24 heavy (non-hydrogen) atoms. The van der Waals surface area contributed by atoms with Gasteiger partial charge in [0.15, 0.2) is 0 Å². The minimum atomic E-state index is -0.473. The highest BCUT2D eigenvalue weighted by atomic mass is 16.5. The molecular formula is C18H16N2O4. The average Bonchev–Trinajstić information content (AvgIpc) is 2.62. The summed E-state index contributed by atoms with van der Waals surface area (Å²) >= 11 is 0. The summed E-state index contributed by atoms with van der Waals surface area (Å²) in [5.41, 5.74) is 0.899. The fraction of sp³-hybridized carbons (Fsp3) is 0.111. The van der Waals surface area contributed by atoms with Gasteiger partial charge < -0.3 is 19.8 Å². The van der Waals surface area contributed by atoms with Crippen LogP contribution < -0.4 is 20.2 Å². The first kappa shape index (κ1) is 15.6. The van der Waals surface area contributed by atoms with Gasteiger partial charge in [-0.05, 0) is 36.4 Å². The maximum Gasteiger partial charge on any atom is 0.261 e. The average molecular weight is 324 g/mol. The molecule has 3 rings (SSSR count). The van der Waals surface area contributed by atoms with Crippen LogP contribution in [-0.4, -0.2) is 25.1 Å². The van der Waals surface area contributed by atoms with E-state index in [1.165, 1.54) is 6.20 Å². The number of aromatic amines is 1. The number of benzene rings is 2. The monoisotopic (exact) mass is 324 g/mol. The van der Waals surface area contributed by atoms with Gasteiger partial charge in [0.25, 0.3) is 5.91 Å². The molecule has 2 N–H and O–H groups in total. The van der Waals surface area contributed by atoms with E-state index in [0.29, 0.717) is 28.1 Å². The van der Waals surface area contributed by atoms with Crippen LogP contribution in [0.3, 0.4) is 0 Å². The summed E-state index contributed by atoms with van der Waals surface area (Å²) in [5, 5.41) is 3.13. The largest absolute Gasteiger partial charge is 0.497 e. The van der Waals surface area contributed by atoms with E-state index in [4.69, 9.17) is 9.47 Å². The fourth-order valence-corrected chi connectivity index (χ4v) is 2.37. The number of hydrogen-bond acceptors (Lipinski definition) is 4. The Morgan fingerprint density at radius 3 is 2.33 bits per heavy atom. The minimum Gasteiger partial charge on any atom is -0.497 e. The van der Waals surface area contributed by atoms with Crippen LogP contribution in [0, 0.1) is 0 Å². The second kappa shape index (κ2) is 6.45.